The van der Waals surface area contributed by atoms with Crippen LogP contribution < -0.4 is 5.73 Å². The van der Waals surface area contributed by atoms with Gasteiger partial charge in [0.2, 0.25) is 5.88 Å². The minimum absolute atomic E-state index is 0.0230. The third-order valence-electron chi connectivity index (χ3n) is 4.80. The van der Waals surface area contributed by atoms with E-state index in [0.29, 0.717) is 29.7 Å². The third-order valence-corrected chi connectivity index (χ3v) is 6.56. The Labute approximate surface area is 163 Å². The molecule has 1 aliphatic carbocycles. The van der Waals surface area contributed by atoms with E-state index in [2.05, 4.69) is 22.0 Å². The minimum Gasteiger partial charge on any atom is -0.444 e. The fraction of sp³-hybridized carbons (Fsp3) is 0.200. The highest BCUT2D eigenvalue weighted by molar-refractivity contribution is 9.10. The number of Topliss-reactive ketones (excluding diaryl/α,β-unsaturated/α-hetero) is 1. The SMILES string of the molecule is N#CC1=C(N)OC2=C(C(=O)C[C@H](c3ccccc3)C2)[C@H]1c1cc(Br)cs1. The number of nitrogens with two attached hydrogens (primary N) is 1. The number of carbonyl (C=O) groups excluding carboxylic acids is 1. The summed E-state index contributed by atoms with van der Waals surface area (Å²) in [6.45, 7) is 0. The van der Waals surface area contributed by atoms with Crippen molar-refractivity contribution in [2.45, 2.75) is 24.7 Å². The fourth-order valence-corrected chi connectivity index (χ4v) is 5.19. The van der Waals surface area contributed by atoms with Crippen LogP contribution in [0.25, 0.3) is 0 Å². The Hall–Kier alpha value is -2.36. The zero-order valence-corrected chi connectivity index (χ0v) is 16.1. The fourth-order valence-electron chi connectivity index (χ4n) is 3.63. The standard InChI is InChI=1S/C20H15BrN2O2S/c21-13-8-17(26-10-13)18-14(9-22)20(23)25-16-7-12(6-15(24)19(16)18)11-4-2-1-3-5-11/h1-5,8,10,12,18H,6-7,23H2/t12-,18+/m0/s1. The molecule has 0 saturated carbocycles. The number of carbonyl (C=O) groups is 1. The maximum absolute atomic E-state index is 13.1. The smallest absolute Gasteiger partial charge is 0.205 e. The summed E-state index contributed by atoms with van der Waals surface area (Å²) in [5.74, 6) is 0.345. The van der Waals surface area contributed by atoms with E-state index in [1.165, 1.54) is 11.3 Å². The van der Waals surface area contributed by atoms with Gasteiger partial charge in [-0.15, -0.1) is 11.3 Å². The van der Waals surface area contributed by atoms with Crippen molar-refractivity contribution in [1.29, 1.82) is 5.26 Å². The maximum atomic E-state index is 13.1. The highest BCUT2D eigenvalue weighted by Gasteiger charge is 2.41. The molecule has 2 aromatic rings. The van der Waals surface area contributed by atoms with E-state index < -0.39 is 5.92 Å². The first-order valence-corrected chi connectivity index (χ1v) is 9.88. The van der Waals surface area contributed by atoms with Gasteiger partial charge in [-0.1, -0.05) is 30.3 Å². The van der Waals surface area contributed by atoms with E-state index in [4.69, 9.17) is 10.5 Å². The average molecular weight is 427 g/mol. The monoisotopic (exact) mass is 426 g/mol. The van der Waals surface area contributed by atoms with Crippen LogP contribution in [-0.2, 0) is 9.53 Å². The number of hydrogen-bond acceptors (Lipinski definition) is 5. The van der Waals surface area contributed by atoms with Crippen LogP contribution in [0, 0.1) is 11.3 Å². The number of benzene rings is 1. The Morgan fingerprint density at radius 1 is 1.27 bits per heavy atom. The molecule has 0 unspecified atom stereocenters. The molecule has 2 atom stereocenters. The van der Waals surface area contributed by atoms with Gasteiger partial charge < -0.3 is 10.5 Å². The molecule has 1 aromatic heterocycles. The van der Waals surface area contributed by atoms with Crippen LogP contribution in [0.4, 0.5) is 0 Å². The van der Waals surface area contributed by atoms with E-state index in [-0.39, 0.29) is 17.6 Å². The summed E-state index contributed by atoms with van der Waals surface area (Å²) >= 11 is 4.95. The lowest BCUT2D eigenvalue weighted by atomic mass is 9.75. The van der Waals surface area contributed by atoms with Crippen LogP contribution >= 0.6 is 27.3 Å². The predicted molar refractivity (Wildman–Crippen MR) is 103 cm³/mol. The summed E-state index contributed by atoms with van der Waals surface area (Å²) in [4.78, 5) is 14.0. The normalized spacial score (nSPS) is 22.7. The van der Waals surface area contributed by atoms with Crippen molar-refractivity contribution < 1.29 is 9.53 Å². The largest absolute Gasteiger partial charge is 0.444 e. The number of ketones is 1. The summed E-state index contributed by atoms with van der Waals surface area (Å²) in [6.07, 6.45) is 1.02. The Bertz CT molecular complexity index is 985. The van der Waals surface area contributed by atoms with Crippen LogP contribution in [-0.4, -0.2) is 5.78 Å². The van der Waals surface area contributed by atoms with Crippen LogP contribution in [0.5, 0.6) is 0 Å². The van der Waals surface area contributed by atoms with Gasteiger partial charge in [0.05, 0.1) is 5.92 Å². The van der Waals surface area contributed by atoms with Crippen LogP contribution in [0.3, 0.4) is 0 Å². The van der Waals surface area contributed by atoms with Crippen molar-refractivity contribution >= 4 is 33.0 Å². The number of hydrogen-bond donors (Lipinski definition) is 1. The topological polar surface area (TPSA) is 76.1 Å². The molecule has 0 saturated heterocycles. The quantitative estimate of drug-likeness (QED) is 0.753. The molecule has 2 N–H and O–H groups in total. The van der Waals surface area contributed by atoms with Crippen molar-refractivity contribution in [2.75, 3.05) is 0 Å². The number of halogens is 1. The van der Waals surface area contributed by atoms with Gasteiger partial charge in [-0.3, -0.25) is 4.79 Å². The second kappa shape index (κ2) is 6.75. The first-order chi connectivity index (χ1) is 12.6. The van der Waals surface area contributed by atoms with Gasteiger partial charge in [-0.25, -0.2) is 0 Å². The number of rotatable bonds is 2. The summed E-state index contributed by atoms with van der Waals surface area (Å²) in [6, 6.07) is 14.0. The van der Waals surface area contributed by atoms with E-state index in [9.17, 15) is 10.1 Å². The molecule has 1 aromatic carbocycles. The van der Waals surface area contributed by atoms with E-state index in [0.717, 1.165) is 14.9 Å². The van der Waals surface area contributed by atoms with Crippen molar-refractivity contribution in [2.24, 2.45) is 5.73 Å². The van der Waals surface area contributed by atoms with Crippen LogP contribution in [0.1, 0.15) is 35.1 Å². The average Bonchev–Trinajstić information content (AvgIpc) is 3.07. The Morgan fingerprint density at radius 3 is 2.69 bits per heavy atom. The molecule has 0 radical (unpaired) electrons. The van der Waals surface area contributed by atoms with Gasteiger partial charge >= 0.3 is 0 Å². The number of nitriles is 1. The van der Waals surface area contributed by atoms with Gasteiger partial charge in [0.1, 0.15) is 17.4 Å². The predicted octanol–water partition coefficient (Wildman–Crippen LogP) is 4.72. The Morgan fingerprint density at radius 2 is 2.04 bits per heavy atom. The second-order valence-corrected chi connectivity index (χ2v) is 8.23. The second-order valence-electron chi connectivity index (χ2n) is 6.37. The number of allylic oxidation sites excluding steroid dienone is 3. The molecular formula is C20H15BrN2O2S. The van der Waals surface area contributed by atoms with Crippen molar-refractivity contribution in [1.82, 2.24) is 0 Å². The Kier molecular flexibility index (Phi) is 4.43. The van der Waals surface area contributed by atoms with E-state index in [1.807, 2.05) is 41.8 Å². The summed E-state index contributed by atoms with van der Waals surface area (Å²) in [5.41, 5.74) is 8.04. The van der Waals surface area contributed by atoms with Gasteiger partial charge in [0.15, 0.2) is 5.78 Å². The van der Waals surface area contributed by atoms with Gasteiger partial charge in [-0.2, -0.15) is 5.26 Å². The summed E-state index contributed by atoms with van der Waals surface area (Å²) in [5, 5.41) is 11.5. The van der Waals surface area contributed by atoms with Gasteiger partial charge in [0, 0.05) is 33.1 Å². The molecule has 4 nitrogen and oxygen atoms in total. The molecule has 0 bridgehead atoms. The molecule has 26 heavy (non-hydrogen) atoms. The first kappa shape index (κ1) is 17.1. The molecule has 6 heteroatoms. The lowest BCUT2D eigenvalue weighted by Crippen LogP contribution is -2.29. The molecule has 0 fully saturated rings. The first-order valence-electron chi connectivity index (χ1n) is 8.21. The molecule has 4 rings (SSSR count). The third kappa shape index (κ3) is 2.87. The van der Waals surface area contributed by atoms with Crippen molar-refractivity contribution in [3.05, 3.63) is 79.5 Å². The molecular weight excluding hydrogens is 412 g/mol. The molecule has 1 aliphatic heterocycles. The van der Waals surface area contributed by atoms with E-state index in [1.54, 1.807) is 0 Å². The molecule has 2 heterocycles. The highest BCUT2D eigenvalue weighted by atomic mass is 79.9. The number of nitrogens with zero attached hydrogens (tertiary/aromatic N) is 1. The number of ether oxygens (including phenoxy) is 1. The zero-order chi connectivity index (χ0) is 18.3. The molecule has 130 valence electrons. The number of thiophene rings is 1. The highest BCUT2D eigenvalue weighted by Crippen LogP contribution is 2.48. The van der Waals surface area contributed by atoms with E-state index >= 15 is 0 Å². The molecule has 0 amide bonds. The van der Waals surface area contributed by atoms with Gasteiger partial charge in [0.25, 0.3) is 0 Å². The van der Waals surface area contributed by atoms with Crippen LogP contribution in [0.2, 0.25) is 0 Å². The van der Waals surface area contributed by atoms with Crippen molar-refractivity contribution in [3.63, 3.8) is 0 Å². The molecule has 0 spiro atoms. The van der Waals surface area contributed by atoms with Gasteiger partial charge in [-0.05, 0) is 33.5 Å². The van der Waals surface area contributed by atoms with Crippen molar-refractivity contribution in [3.8, 4) is 6.07 Å². The summed E-state index contributed by atoms with van der Waals surface area (Å²) < 4.78 is 6.68. The zero-order valence-electron chi connectivity index (χ0n) is 13.7. The lowest BCUT2D eigenvalue weighted by Gasteiger charge is -2.33. The summed E-state index contributed by atoms with van der Waals surface area (Å²) in [7, 11) is 0. The lowest BCUT2D eigenvalue weighted by molar-refractivity contribution is -0.117. The molecule has 2 aliphatic rings. The maximum Gasteiger partial charge on any atom is 0.205 e. The minimum atomic E-state index is -0.440. The Balaban J connectivity index is 1.79. The van der Waals surface area contributed by atoms with Crippen LogP contribution in [0.15, 0.2) is 69.0 Å².